The van der Waals surface area contributed by atoms with Crippen molar-refractivity contribution in [3.8, 4) is 11.9 Å². The third-order valence-electron chi connectivity index (χ3n) is 3.19. The number of alkyl halides is 3. The van der Waals surface area contributed by atoms with E-state index in [1.807, 2.05) is 0 Å². The molecule has 2 rings (SSSR count). The maximum absolute atomic E-state index is 13.2. The summed E-state index contributed by atoms with van der Waals surface area (Å²) in [5.41, 5.74) is -0.773. The summed E-state index contributed by atoms with van der Waals surface area (Å²) in [5, 5.41) is 11.5. The van der Waals surface area contributed by atoms with Crippen molar-refractivity contribution in [3.05, 3.63) is 22.4 Å². The molecule has 8 nitrogen and oxygen atoms in total. The van der Waals surface area contributed by atoms with Crippen LogP contribution < -0.4 is 10.2 Å². The third kappa shape index (κ3) is 4.05. The van der Waals surface area contributed by atoms with E-state index in [1.165, 1.54) is 6.08 Å². The van der Waals surface area contributed by atoms with Crippen molar-refractivity contribution in [1.29, 1.82) is 5.26 Å². The Morgan fingerprint density at radius 2 is 2.12 bits per heavy atom. The summed E-state index contributed by atoms with van der Waals surface area (Å²) in [6, 6.07) is 1.61. The van der Waals surface area contributed by atoms with E-state index >= 15 is 0 Å². The summed E-state index contributed by atoms with van der Waals surface area (Å²) in [6.45, 7) is 2.60. The number of hydrogen-bond donors (Lipinski definition) is 1. The van der Waals surface area contributed by atoms with E-state index in [1.54, 1.807) is 19.9 Å². The van der Waals surface area contributed by atoms with Crippen LogP contribution in [-0.4, -0.2) is 30.4 Å². The largest absolute Gasteiger partial charge is 0.462 e. The van der Waals surface area contributed by atoms with E-state index in [-0.39, 0.29) is 5.03 Å². The van der Waals surface area contributed by atoms with Crippen molar-refractivity contribution < 1.29 is 31.2 Å². The zero-order valence-corrected chi connectivity index (χ0v) is 14.3. The van der Waals surface area contributed by atoms with E-state index in [0.717, 1.165) is 11.7 Å². The molecule has 12 heteroatoms. The van der Waals surface area contributed by atoms with Crippen LogP contribution in [0.1, 0.15) is 25.1 Å². The Labute approximate surface area is 141 Å². The molecule has 1 aromatic rings. The molecule has 0 aliphatic carbocycles. The molecule has 138 valence electrons. The van der Waals surface area contributed by atoms with Gasteiger partial charge in [-0.25, -0.2) is 13.1 Å². The predicted molar refractivity (Wildman–Crippen MR) is 78.3 cm³/mol. The summed E-state index contributed by atoms with van der Waals surface area (Å²) >= 11 is 0. The molecule has 1 N–H and O–H groups in total. The summed E-state index contributed by atoms with van der Waals surface area (Å²) in [6.07, 6.45) is -3.63. The van der Waals surface area contributed by atoms with Crippen molar-refractivity contribution in [2.75, 3.05) is 6.61 Å². The molecule has 1 aliphatic rings. The van der Waals surface area contributed by atoms with Crippen LogP contribution in [-0.2, 0) is 33.7 Å². The first-order valence-corrected chi connectivity index (χ1v) is 8.55. The van der Waals surface area contributed by atoms with E-state index < -0.39 is 51.1 Å². The van der Waals surface area contributed by atoms with E-state index in [9.17, 15) is 21.6 Å². The lowest BCUT2D eigenvalue weighted by Crippen LogP contribution is -2.23. The number of sulfone groups is 1. The summed E-state index contributed by atoms with van der Waals surface area (Å²) in [4.78, 5) is 5.04. The van der Waals surface area contributed by atoms with Gasteiger partial charge in [0.1, 0.15) is 11.7 Å². The lowest BCUT2D eigenvalue weighted by atomic mass is 10.1. The molecular weight excluding hydrogens is 365 g/mol. The van der Waals surface area contributed by atoms with Gasteiger partial charge in [0.25, 0.3) is 0 Å². The van der Waals surface area contributed by atoms with Crippen LogP contribution in [0.3, 0.4) is 0 Å². The first-order valence-electron chi connectivity index (χ1n) is 6.90. The molecule has 0 radical (unpaired) electrons. The molecule has 0 saturated carbocycles. The molecule has 0 saturated heterocycles. The Morgan fingerprint density at radius 3 is 2.60 bits per heavy atom. The molecule has 0 unspecified atom stereocenters. The van der Waals surface area contributed by atoms with Gasteiger partial charge in [-0.05, 0) is 19.9 Å². The van der Waals surface area contributed by atoms with Crippen LogP contribution in [0, 0.1) is 11.3 Å². The van der Waals surface area contributed by atoms with E-state index in [4.69, 9.17) is 14.8 Å². The normalized spacial score (nSPS) is 16.9. The number of aryl methyl sites for hydroxylation is 1. The predicted octanol–water partition coefficient (Wildman–Crippen LogP) is 1.41. The molecule has 0 atom stereocenters. The molecule has 1 aliphatic heterocycles. The Balaban J connectivity index is 2.49. The highest BCUT2D eigenvalue weighted by atomic mass is 32.2. The van der Waals surface area contributed by atoms with Gasteiger partial charge in [0.2, 0.25) is 5.88 Å². The maximum atomic E-state index is 13.2. The van der Waals surface area contributed by atoms with Crippen LogP contribution in [0.4, 0.5) is 13.2 Å². The average Bonchev–Trinajstić information content (AvgIpc) is 2.97. The van der Waals surface area contributed by atoms with Crippen molar-refractivity contribution in [1.82, 2.24) is 15.3 Å². The topological polar surface area (TPSA) is 106 Å². The van der Waals surface area contributed by atoms with Gasteiger partial charge in [0.15, 0.2) is 27.2 Å². The number of aromatic nitrogens is 2. The summed E-state index contributed by atoms with van der Waals surface area (Å²) in [7, 11) is -3.03. The van der Waals surface area contributed by atoms with Crippen LogP contribution in [0.15, 0.2) is 11.1 Å². The van der Waals surface area contributed by atoms with Crippen molar-refractivity contribution >= 4 is 9.84 Å². The second-order valence-electron chi connectivity index (χ2n) is 5.78. The zero-order chi connectivity index (χ0) is 19.0. The monoisotopic (exact) mass is 380 g/mol. The second-order valence-corrected chi connectivity index (χ2v) is 7.73. The lowest BCUT2D eigenvalue weighted by molar-refractivity contribution is -0.141. The molecule has 0 fully saturated rings. The Morgan fingerprint density at radius 1 is 1.48 bits per heavy atom. The van der Waals surface area contributed by atoms with Crippen molar-refractivity contribution in [3.63, 3.8) is 0 Å². The molecule has 0 aromatic carbocycles. The molecule has 25 heavy (non-hydrogen) atoms. The molecular formula is C13H15F3N4O4S. The SMILES string of the molecule is Cn1nc(C(F)(F)F)c(CS(=O)(=O)C2=CC(C)(C)ON2)c1OCC#N. The van der Waals surface area contributed by atoms with Crippen LogP contribution >= 0.6 is 0 Å². The third-order valence-corrected chi connectivity index (χ3v) is 4.73. The number of halogens is 3. The van der Waals surface area contributed by atoms with Gasteiger partial charge in [-0.2, -0.15) is 23.5 Å². The Kier molecular flexibility index (Phi) is 4.75. The van der Waals surface area contributed by atoms with E-state index in [0.29, 0.717) is 0 Å². The van der Waals surface area contributed by atoms with Crippen molar-refractivity contribution in [2.45, 2.75) is 31.4 Å². The Bertz CT molecular complexity index is 850. The molecule has 0 spiro atoms. The van der Waals surface area contributed by atoms with Crippen LogP contribution in [0.2, 0.25) is 0 Å². The molecule has 0 bridgehead atoms. The lowest BCUT2D eigenvalue weighted by Gasteiger charge is -2.11. The van der Waals surface area contributed by atoms with Gasteiger partial charge in [0, 0.05) is 7.05 Å². The second kappa shape index (κ2) is 6.23. The quantitative estimate of drug-likeness (QED) is 0.823. The minimum Gasteiger partial charge on any atom is -0.462 e. The maximum Gasteiger partial charge on any atom is 0.435 e. The highest BCUT2D eigenvalue weighted by Crippen LogP contribution is 2.37. The number of nitrogens with one attached hydrogen (secondary N) is 1. The number of hydrogen-bond acceptors (Lipinski definition) is 7. The standard InChI is InChI=1S/C13H15F3N4O4S/c1-12(2)6-9(19-24-12)25(21,22)7-8-10(13(14,15)16)18-20(3)11(8)23-5-4-17/h6,19H,5,7H2,1-3H3. The number of rotatable bonds is 5. The number of hydroxylamine groups is 1. The number of ether oxygens (including phenoxy) is 1. The summed E-state index contributed by atoms with van der Waals surface area (Å²) < 4.78 is 70.2. The van der Waals surface area contributed by atoms with Gasteiger partial charge in [0.05, 0.1) is 11.3 Å². The Hall–Kier alpha value is -2.26. The summed E-state index contributed by atoms with van der Waals surface area (Å²) in [5.74, 6) is -1.45. The van der Waals surface area contributed by atoms with Crippen molar-refractivity contribution in [2.24, 2.45) is 7.05 Å². The smallest absolute Gasteiger partial charge is 0.435 e. The average molecular weight is 380 g/mol. The zero-order valence-electron chi connectivity index (χ0n) is 13.5. The highest BCUT2D eigenvalue weighted by Gasteiger charge is 2.42. The minimum absolute atomic E-state index is 0.347. The number of nitriles is 1. The number of nitrogens with zero attached hydrogens (tertiary/aromatic N) is 3. The fraction of sp³-hybridized carbons (Fsp3) is 0.538. The highest BCUT2D eigenvalue weighted by molar-refractivity contribution is 7.94. The van der Waals surface area contributed by atoms with Crippen LogP contribution in [0.5, 0.6) is 5.88 Å². The minimum atomic E-state index is -4.88. The van der Waals surface area contributed by atoms with E-state index in [2.05, 4.69) is 10.6 Å². The van der Waals surface area contributed by atoms with Gasteiger partial charge >= 0.3 is 6.18 Å². The molecule has 2 heterocycles. The van der Waals surface area contributed by atoms with Gasteiger partial charge in [-0.15, -0.1) is 0 Å². The molecule has 0 amide bonds. The first kappa shape index (κ1) is 19.1. The van der Waals surface area contributed by atoms with Crippen LogP contribution in [0.25, 0.3) is 0 Å². The first-order chi connectivity index (χ1) is 11.4. The van der Waals surface area contributed by atoms with Gasteiger partial charge in [-0.3, -0.25) is 10.3 Å². The fourth-order valence-corrected chi connectivity index (χ4v) is 3.60. The van der Waals surface area contributed by atoms with Gasteiger partial charge < -0.3 is 4.74 Å². The van der Waals surface area contributed by atoms with Gasteiger partial charge in [-0.1, -0.05) is 0 Å². The molecule has 1 aromatic heterocycles. The fourth-order valence-electron chi connectivity index (χ4n) is 2.17.